The molecule has 0 aliphatic carbocycles. The van der Waals surface area contributed by atoms with E-state index in [0.29, 0.717) is 31.9 Å². The van der Waals surface area contributed by atoms with E-state index in [1.54, 1.807) is 18.5 Å². The fraction of sp³-hybridized carbons (Fsp3) is 0.538. The van der Waals surface area contributed by atoms with Gasteiger partial charge in [-0.3, -0.25) is 9.78 Å². The normalized spacial score (nSPS) is 15.5. The maximum atomic E-state index is 12.4. The molecule has 1 N–H and O–H groups in total. The minimum Gasteiger partial charge on any atom is -0.383 e. The van der Waals surface area contributed by atoms with Crippen molar-refractivity contribution in [3.8, 4) is 0 Å². The molecule has 98 valence electrons. The van der Waals surface area contributed by atoms with Gasteiger partial charge in [-0.25, -0.2) is 0 Å². The molecule has 1 saturated heterocycles. The van der Waals surface area contributed by atoms with Crippen LogP contribution in [-0.2, 0) is 4.74 Å². The lowest BCUT2D eigenvalue weighted by Crippen LogP contribution is -2.40. The van der Waals surface area contributed by atoms with Crippen molar-refractivity contribution in [1.29, 1.82) is 0 Å². The molecule has 0 unspecified atom stereocenters. The molecule has 0 saturated carbocycles. The van der Waals surface area contributed by atoms with Crippen LogP contribution in [0.3, 0.4) is 0 Å². The van der Waals surface area contributed by atoms with Gasteiger partial charge in [0.1, 0.15) is 0 Å². The van der Waals surface area contributed by atoms with Gasteiger partial charge >= 0.3 is 0 Å². The van der Waals surface area contributed by atoms with Gasteiger partial charge in [0.05, 0.1) is 30.7 Å². The molecule has 0 aromatic carbocycles. The van der Waals surface area contributed by atoms with Crippen molar-refractivity contribution in [2.75, 3.05) is 38.2 Å². The zero-order valence-corrected chi connectivity index (χ0v) is 10.7. The smallest absolute Gasteiger partial charge is 0.256 e. The van der Waals surface area contributed by atoms with E-state index in [0.717, 1.165) is 18.7 Å². The van der Waals surface area contributed by atoms with Gasteiger partial charge in [-0.05, 0) is 12.5 Å². The van der Waals surface area contributed by atoms with Gasteiger partial charge in [0.25, 0.3) is 5.91 Å². The number of hydrogen-bond acceptors (Lipinski definition) is 4. The molecule has 2 rings (SSSR count). The summed E-state index contributed by atoms with van der Waals surface area (Å²) in [5.74, 6) is 0.0549. The second kappa shape index (κ2) is 6.35. The number of rotatable bonds is 4. The van der Waals surface area contributed by atoms with Crippen molar-refractivity contribution in [2.45, 2.75) is 13.3 Å². The first-order valence-corrected chi connectivity index (χ1v) is 6.38. The quantitative estimate of drug-likeness (QED) is 0.875. The molecule has 0 bridgehead atoms. The number of aromatic nitrogens is 1. The highest BCUT2D eigenvalue weighted by Crippen LogP contribution is 2.16. The van der Waals surface area contributed by atoms with Gasteiger partial charge in [0.15, 0.2) is 0 Å². The molecular formula is C13H19N3O2. The van der Waals surface area contributed by atoms with E-state index in [-0.39, 0.29) is 5.91 Å². The van der Waals surface area contributed by atoms with Crippen LogP contribution in [0.5, 0.6) is 0 Å². The predicted octanol–water partition coefficient (Wildman–Crippen LogP) is 1.38. The number of carbonyl (C=O) groups is 1. The first kappa shape index (κ1) is 12.8. The molecule has 5 nitrogen and oxygen atoms in total. The van der Waals surface area contributed by atoms with Crippen LogP contribution in [0.2, 0.25) is 0 Å². The molecule has 1 aliphatic heterocycles. The standard InChI is InChI=1S/C13H19N3O2/c1-2-4-15-12-10-14-5-3-11(12)13(17)16-6-8-18-9-7-16/h3,5,10,15H,2,4,6-9H2,1H3. The van der Waals surface area contributed by atoms with E-state index in [1.165, 1.54) is 0 Å². The van der Waals surface area contributed by atoms with E-state index >= 15 is 0 Å². The molecule has 1 fully saturated rings. The Morgan fingerprint density at radius 1 is 1.50 bits per heavy atom. The number of ether oxygens (including phenoxy) is 1. The first-order chi connectivity index (χ1) is 8.83. The summed E-state index contributed by atoms with van der Waals surface area (Å²) >= 11 is 0. The van der Waals surface area contributed by atoms with Crippen molar-refractivity contribution in [2.24, 2.45) is 0 Å². The van der Waals surface area contributed by atoms with Crippen molar-refractivity contribution in [3.05, 3.63) is 24.0 Å². The summed E-state index contributed by atoms with van der Waals surface area (Å²) in [6.07, 6.45) is 4.38. The van der Waals surface area contributed by atoms with Crippen LogP contribution < -0.4 is 5.32 Å². The molecule has 0 radical (unpaired) electrons. The van der Waals surface area contributed by atoms with E-state index in [2.05, 4.69) is 17.2 Å². The molecule has 1 aromatic heterocycles. The van der Waals surface area contributed by atoms with Gasteiger partial charge in [-0.15, -0.1) is 0 Å². The van der Waals surface area contributed by atoms with Crippen LogP contribution in [0.1, 0.15) is 23.7 Å². The van der Waals surface area contributed by atoms with Gasteiger partial charge in [0, 0.05) is 25.8 Å². The van der Waals surface area contributed by atoms with E-state index < -0.39 is 0 Å². The molecule has 0 atom stereocenters. The largest absolute Gasteiger partial charge is 0.383 e. The highest BCUT2D eigenvalue weighted by Gasteiger charge is 2.20. The molecule has 1 aromatic rings. The Morgan fingerprint density at radius 3 is 3.00 bits per heavy atom. The van der Waals surface area contributed by atoms with Gasteiger partial charge < -0.3 is 15.0 Å². The van der Waals surface area contributed by atoms with Crippen LogP contribution in [-0.4, -0.2) is 48.6 Å². The third-order valence-corrected chi connectivity index (χ3v) is 2.92. The molecule has 18 heavy (non-hydrogen) atoms. The van der Waals surface area contributed by atoms with E-state index in [4.69, 9.17) is 4.74 Å². The fourth-order valence-electron chi connectivity index (χ4n) is 1.92. The van der Waals surface area contributed by atoms with E-state index in [9.17, 15) is 4.79 Å². The zero-order chi connectivity index (χ0) is 12.8. The van der Waals surface area contributed by atoms with E-state index in [1.807, 2.05) is 4.90 Å². The summed E-state index contributed by atoms with van der Waals surface area (Å²) in [6, 6.07) is 1.77. The second-order valence-electron chi connectivity index (χ2n) is 4.25. The molecule has 2 heterocycles. The van der Waals surface area contributed by atoms with Crippen molar-refractivity contribution >= 4 is 11.6 Å². The predicted molar refractivity (Wildman–Crippen MR) is 69.7 cm³/mol. The molecule has 0 spiro atoms. The highest BCUT2D eigenvalue weighted by molar-refractivity contribution is 5.99. The summed E-state index contributed by atoms with van der Waals surface area (Å²) in [7, 11) is 0. The van der Waals surface area contributed by atoms with Crippen molar-refractivity contribution in [3.63, 3.8) is 0 Å². The van der Waals surface area contributed by atoms with Crippen LogP contribution in [0.25, 0.3) is 0 Å². The Morgan fingerprint density at radius 2 is 2.28 bits per heavy atom. The number of amides is 1. The third kappa shape index (κ3) is 2.98. The Hall–Kier alpha value is -1.62. The topological polar surface area (TPSA) is 54.5 Å². The minimum atomic E-state index is 0.0549. The fourth-order valence-corrected chi connectivity index (χ4v) is 1.92. The monoisotopic (exact) mass is 249 g/mol. The van der Waals surface area contributed by atoms with Crippen molar-refractivity contribution in [1.82, 2.24) is 9.88 Å². The number of pyridine rings is 1. The van der Waals surface area contributed by atoms with Gasteiger partial charge in [-0.1, -0.05) is 6.92 Å². The van der Waals surface area contributed by atoms with Gasteiger partial charge in [0.2, 0.25) is 0 Å². The maximum absolute atomic E-state index is 12.4. The molecule has 1 aliphatic rings. The SMILES string of the molecule is CCCNc1cnccc1C(=O)N1CCOCC1. The third-order valence-electron chi connectivity index (χ3n) is 2.92. The van der Waals surface area contributed by atoms with Crippen LogP contribution in [0.4, 0.5) is 5.69 Å². The Labute approximate surface area is 107 Å². The number of nitrogens with zero attached hydrogens (tertiary/aromatic N) is 2. The molecule has 5 heteroatoms. The van der Waals surface area contributed by atoms with Crippen molar-refractivity contribution < 1.29 is 9.53 Å². The lowest BCUT2D eigenvalue weighted by atomic mass is 10.2. The number of anilines is 1. The summed E-state index contributed by atoms with van der Waals surface area (Å²) in [5, 5.41) is 3.24. The average molecular weight is 249 g/mol. The zero-order valence-electron chi connectivity index (χ0n) is 10.7. The summed E-state index contributed by atoms with van der Waals surface area (Å²) in [4.78, 5) is 18.3. The summed E-state index contributed by atoms with van der Waals surface area (Å²) in [6.45, 7) is 5.49. The molecular weight excluding hydrogens is 230 g/mol. The minimum absolute atomic E-state index is 0.0549. The van der Waals surface area contributed by atoms with Crippen LogP contribution in [0.15, 0.2) is 18.5 Å². The lowest BCUT2D eigenvalue weighted by molar-refractivity contribution is 0.0303. The molecule has 1 amide bonds. The second-order valence-corrected chi connectivity index (χ2v) is 4.25. The number of nitrogens with one attached hydrogen (secondary N) is 1. The first-order valence-electron chi connectivity index (χ1n) is 6.38. The lowest BCUT2D eigenvalue weighted by Gasteiger charge is -2.27. The summed E-state index contributed by atoms with van der Waals surface area (Å²) < 4.78 is 5.26. The Bertz CT molecular complexity index is 403. The van der Waals surface area contributed by atoms with Crippen LogP contribution in [0, 0.1) is 0 Å². The highest BCUT2D eigenvalue weighted by atomic mass is 16.5. The average Bonchev–Trinajstić information content (AvgIpc) is 2.45. The number of hydrogen-bond donors (Lipinski definition) is 1. The Kier molecular flexibility index (Phi) is 4.52. The Balaban J connectivity index is 2.12. The van der Waals surface area contributed by atoms with Crippen LogP contribution >= 0.6 is 0 Å². The summed E-state index contributed by atoms with van der Waals surface area (Å²) in [5.41, 5.74) is 1.51. The number of carbonyl (C=O) groups excluding carboxylic acids is 1. The van der Waals surface area contributed by atoms with Gasteiger partial charge in [-0.2, -0.15) is 0 Å². The number of morpholine rings is 1. The maximum Gasteiger partial charge on any atom is 0.256 e.